The van der Waals surface area contributed by atoms with Gasteiger partial charge in [0, 0.05) is 5.33 Å². The van der Waals surface area contributed by atoms with Crippen LogP contribution in [-0.4, -0.2) is 5.33 Å². The molecule has 1 aromatic carbocycles. The van der Waals surface area contributed by atoms with Crippen LogP contribution in [0.4, 0.5) is 4.39 Å². The molecule has 0 aliphatic heterocycles. The summed E-state index contributed by atoms with van der Waals surface area (Å²) in [7, 11) is 0. The lowest BCUT2D eigenvalue weighted by atomic mass is 10.0. The SMILES string of the molecule is N#CC(CBr)Cc1ccccc1F. The maximum atomic E-state index is 13.1. The molecule has 0 fully saturated rings. The van der Waals surface area contributed by atoms with Crippen LogP contribution in [0.5, 0.6) is 0 Å². The molecule has 0 heterocycles. The van der Waals surface area contributed by atoms with Gasteiger partial charge < -0.3 is 0 Å². The summed E-state index contributed by atoms with van der Waals surface area (Å²) in [6.45, 7) is 0. The van der Waals surface area contributed by atoms with Crippen molar-refractivity contribution < 1.29 is 4.39 Å². The van der Waals surface area contributed by atoms with Gasteiger partial charge in [0.1, 0.15) is 5.82 Å². The molecular formula is C10H9BrFN. The van der Waals surface area contributed by atoms with Gasteiger partial charge in [-0.2, -0.15) is 5.26 Å². The number of nitrogens with zero attached hydrogens (tertiary/aromatic N) is 1. The molecule has 3 heteroatoms. The van der Waals surface area contributed by atoms with E-state index >= 15 is 0 Å². The standard InChI is InChI=1S/C10H9BrFN/c11-6-8(7-13)5-9-3-1-2-4-10(9)12/h1-4,8H,5-6H2. The quantitative estimate of drug-likeness (QED) is 0.747. The van der Waals surface area contributed by atoms with Crippen molar-refractivity contribution in [2.45, 2.75) is 6.42 Å². The zero-order chi connectivity index (χ0) is 9.68. The van der Waals surface area contributed by atoms with Crippen LogP contribution in [-0.2, 0) is 6.42 Å². The molecule has 1 nitrogen and oxygen atoms in total. The first-order valence-electron chi connectivity index (χ1n) is 3.97. The molecule has 0 N–H and O–H groups in total. The van der Waals surface area contributed by atoms with Gasteiger partial charge in [-0.25, -0.2) is 4.39 Å². The number of nitriles is 1. The van der Waals surface area contributed by atoms with E-state index in [0.29, 0.717) is 17.3 Å². The summed E-state index contributed by atoms with van der Waals surface area (Å²) in [4.78, 5) is 0. The molecule has 0 spiro atoms. The van der Waals surface area contributed by atoms with Crippen LogP contribution in [0.25, 0.3) is 0 Å². The maximum absolute atomic E-state index is 13.1. The Morgan fingerprint density at radius 3 is 2.69 bits per heavy atom. The Bertz CT molecular complexity index is 319. The molecule has 1 atom stereocenters. The number of hydrogen-bond acceptors (Lipinski definition) is 1. The Hall–Kier alpha value is -0.880. The Morgan fingerprint density at radius 1 is 1.46 bits per heavy atom. The zero-order valence-corrected chi connectivity index (χ0v) is 8.59. The third kappa shape index (κ3) is 2.82. The van der Waals surface area contributed by atoms with Gasteiger partial charge in [-0.3, -0.25) is 0 Å². The van der Waals surface area contributed by atoms with Crippen molar-refractivity contribution in [3.05, 3.63) is 35.6 Å². The fraction of sp³-hybridized carbons (Fsp3) is 0.300. The smallest absolute Gasteiger partial charge is 0.126 e. The van der Waals surface area contributed by atoms with E-state index in [-0.39, 0.29) is 11.7 Å². The molecule has 1 unspecified atom stereocenters. The van der Waals surface area contributed by atoms with E-state index in [1.165, 1.54) is 6.07 Å². The van der Waals surface area contributed by atoms with Crippen LogP contribution >= 0.6 is 15.9 Å². The first-order valence-corrected chi connectivity index (χ1v) is 5.09. The number of hydrogen-bond donors (Lipinski definition) is 0. The molecule has 1 aromatic rings. The maximum Gasteiger partial charge on any atom is 0.126 e. The van der Waals surface area contributed by atoms with Gasteiger partial charge in [-0.05, 0) is 18.1 Å². The van der Waals surface area contributed by atoms with Crippen LogP contribution in [0, 0.1) is 23.1 Å². The Morgan fingerprint density at radius 2 is 2.15 bits per heavy atom. The monoisotopic (exact) mass is 241 g/mol. The van der Waals surface area contributed by atoms with Crippen molar-refractivity contribution in [2.75, 3.05) is 5.33 Å². The van der Waals surface area contributed by atoms with Crippen LogP contribution < -0.4 is 0 Å². The minimum absolute atomic E-state index is 0.156. The fourth-order valence-corrected chi connectivity index (χ4v) is 1.44. The molecule has 0 saturated heterocycles. The molecule has 0 bridgehead atoms. The van der Waals surface area contributed by atoms with Crippen molar-refractivity contribution in [2.24, 2.45) is 5.92 Å². The van der Waals surface area contributed by atoms with Crippen molar-refractivity contribution in [1.82, 2.24) is 0 Å². The van der Waals surface area contributed by atoms with Gasteiger partial charge in [-0.15, -0.1) is 0 Å². The Labute approximate surface area is 85.3 Å². The number of benzene rings is 1. The average Bonchev–Trinajstić information content (AvgIpc) is 2.17. The Balaban J connectivity index is 2.74. The van der Waals surface area contributed by atoms with Gasteiger partial charge in [0.15, 0.2) is 0 Å². The Kier molecular flexibility index (Phi) is 3.91. The lowest BCUT2D eigenvalue weighted by Gasteiger charge is -2.05. The summed E-state index contributed by atoms with van der Waals surface area (Å²) in [5.74, 6) is -0.388. The lowest BCUT2D eigenvalue weighted by Crippen LogP contribution is -2.04. The molecule has 1 rings (SSSR count). The van der Waals surface area contributed by atoms with E-state index < -0.39 is 0 Å². The largest absolute Gasteiger partial charge is 0.207 e. The van der Waals surface area contributed by atoms with Crippen LogP contribution in [0.15, 0.2) is 24.3 Å². The summed E-state index contributed by atoms with van der Waals surface area (Å²) in [5, 5.41) is 9.26. The minimum Gasteiger partial charge on any atom is -0.207 e. The number of alkyl halides is 1. The molecule has 68 valence electrons. The highest BCUT2D eigenvalue weighted by Crippen LogP contribution is 2.13. The van der Waals surface area contributed by atoms with Gasteiger partial charge in [0.25, 0.3) is 0 Å². The molecule has 0 aromatic heterocycles. The highest BCUT2D eigenvalue weighted by Gasteiger charge is 2.09. The molecular weight excluding hydrogens is 233 g/mol. The van der Waals surface area contributed by atoms with E-state index in [2.05, 4.69) is 22.0 Å². The third-order valence-electron chi connectivity index (χ3n) is 1.79. The van der Waals surface area contributed by atoms with Gasteiger partial charge >= 0.3 is 0 Å². The first-order chi connectivity index (χ1) is 6.27. The van der Waals surface area contributed by atoms with Gasteiger partial charge in [-0.1, -0.05) is 34.1 Å². The predicted molar refractivity (Wildman–Crippen MR) is 53.0 cm³/mol. The van der Waals surface area contributed by atoms with Crippen LogP contribution in [0.3, 0.4) is 0 Å². The first kappa shape index (κ1) is 10.2. The molecule has 0 radical (unpaired) electrons. The second-order valence-corrected chi connectivity index (χ2v) is 3.42. The minimum atomic E-state index is -0.233. The highest BCUT2D eigenvalue weighted by atomic mass is 79.9. The summed E-state index contributed by atoms with van der Waals surface area (Å²) in [6, 6.07) is 8.67. The summed E-state index contributed by atoms with van der Waals surface area (Å²) in [6.07, 6.45) is 0.467. The van der Waals surface area contributed by atoms with E-state index in [0.717, 1.165) is 0 Å². The summed E-state index contributed by atoms with van der Waals surface area (Å²) < 4.78 is 13.1. The molecule has 0 saturated carbocycles. The zero-order valence-electron chi connectivity index (χ0n) is 7.00. The van der Waals surface area contributed by atoms with Crippen LogP contribution in [0.1, 0.15) is 5.56 Å². The molecule has 13 heavy (non-hydrogen) atoms. The number of halogens is 2. The lowest BCUT2D eigenvalue weighted by molar-refractivity contribution is 0.596. The summed E-state index contributed by atoms with van der Waals surface area (Å²) in [5.41, 5.74) is 0.605. The van der Waals surface area contributed by atoms with E-state index in [1.54, 1.807) is 18.2 Å². The molecule has 0 aliphatic carbocycles. The molecule has 0 amide bonds. The van der Waals surface area contributed by atoms with E-state index in [4.69, 9.17) is 5.26 Å². The highest BCUT2D eigenvalue weighted by molar-refractivity contribution is 9.09. The van der Waals surface area contributed by atoms with Crippen molar-refractivity contribution in [1.29, 1.82) is 5.26 Å². The van der Waals surface area contributed by atoms with Crippen LogP contribution in [0.2, 0.25) is 0 Å². The van der Waals surface area contributed by atoms with Crippen molar-refractivity contribution in [3.63, 3.8) is 0 Å². The van der Waals surface area contributed by atoms with E-state index in [9.17, 15) is 4.39 Å². The van der Waals surface area contributed by atoms with E-state index in [1.807, 2.05) is 0 Å². The molecule has 0 aliphatic rings. The number of rotatable bonds is 3. The predicted octanol–water partition coefficient (Wildman–Crippen LogP) is 2.90. The van der Waals surface area contributed by atoms with Crippen molar-refractivity contribution in [3.8, 4) is 6.07 Å². The fourth-order valence-electron chi connectivity index (χ4n) is 1.06. The normalized spacial score (nSPS) is 12.1. The van der Waals surface area contributed by atoms with Crippen molar-refractivity contribution >= 4 is 15.9 Å². The van der Waals surface area contributed by atoms with Gasteiger partial charge in [0.05, 0.1) is 12.0 Å². The second kappa shape index (κ2) is 4.98. The topological polar surface area (TPSA) is 23.8 Å². The third-order valence-corrected chi connectivity index (χ3v) is 2.57. The van der Waals surface area contributed by atoms with Gasteiger partial charge in [0.2, 0.25) is 0 Å². The second-order valence-electron chi connectivity index (χ2n) is 2.78. The average molecular weight is 242 g/mol. The summed E-state index contributed by atoms with van der Waals surface area (Å²) >= 11 is 3.21.